The predicted molar refractivity (Wildman–Crippen MR) is 44.7 cm³/mol. The van der Waals surface area contributed by atoms with Gasteiger partial charge in [0.15, 0.2) is 0 Å². The summed E-state index contributed by atoms with van der Waals surface area (Å²) >= 11 is -10.0. The molecule has 125 valence electrons. The zero-order valence-electron chi connectivity index (χ0n) is 11.2. The van der Waals surface area contributed by atoms with Crippen LogP contribution in [-0.4, -0.2) is 78.5 Å². The van der Waals surface area contributed by atoms with E-state index in [1.165, 1.54) is 0 Å². The molecule has 0 atom stereocenters. The molecule has 0 aliphatic carbocycles. The Balaban J connectivity index is -0.00000000455. The van der Waals surface area contributed by atoms with Crippen LogP contribution in [0, 0.1) is 0 Å². The van der Waals surface area contributed by atoms with E-state index in [1.54, 1.807) is 0 Å². The average molecular weight is 760 g/mol. The summed E-state index contributed by atoms with van der Waals surface area (Å²) in [7, 11) is 0. The van der Waals surface area contributed by atoms with E-state index < -0.39 is 78.5 Å². The maximum absolute atomic E-state index is 8.50. The Morgan fingerprint density at radius 1 is 0.435 bits per heavy atom. The number of hydrogen-bond acceptors (Lipinski definition) is 10. The van der Waals surface area contributed by atoms with Crippen molar-refractivity contribution in [3.63, 3.8) is 0 Å². The first-order chi connectivity index (χ1) is 7.07. The van der Waals surface area contributed by atoms with Crippen LogP contribution in [0.5, 0.6) is 0 Å². The molecule has 10 nitrogen and oxygen atoms in total. The van der Waals surface area contributed by atoms with Crippen molar-refractivity contribution in [2.45, 2.75) is 0 Å². The first-order valence-corrected chi connectivity index (χ1v) is 10.6. The minimum atomic E-state index is -2.00. The molecule has 0 aromatic rings. The van der Waals surface area contributed by atoms with Crippen LogP contribution in [0.1, 0.15) is 0 Å². The van der Waals surface area contributed by atoms with Crippen molar-refractivity contribution >= 4 is 78.5 Å². The summed E-state index contributed by atoms with van der Waals surface area (Å²) in [6.07, 6.45) is 0. The molecular formula is H5F5Ge5LiO10RbSc. The van der Waals surface area contributed by atoms with Crippen LogP contribution in [0.4, 0.5) is 23.5 Å². The molecule has 0 aliphatic rings. The zero-order valence-corrected chi connectivity index (χ0v) is 28.4. The topological polar surface area (TPSA) is 201 Å². The average Bonchev–Trinajstić information content (AvgIpc) is 2.09. The van der Waals surface area contributed by atoms with E-state index in [4.69, 9.17) is 39.6 Å². The van der Waals surface area contributed by atoms with Crippen molar-refractivity contribution in [3.8, 4) is 0 Å². The Labute approximate surface area is 239 Å². The van der Waals surface area contributed by atoms with Crippen LogP contribution in [0.15, 0.2) is 0 Å². The quantitative estimate of drug-likeness (QED) is 0.169. The molecule has 23 heteroatoms. The molecular weight excluding hydrogens is 755 g/mol. The van der Waals surface area contributed by atoms with E-state index in [-0.39, 0.29) is 126 Å². The zero-order chi connectivity index (χ0) is 13.5. The van der Waals surface area contributed by atoms with Crippen LogP contribution >= 0.6 is 0 Å². The molecule has 5 radical (unpaired) electrons. The van der Waals surface area contributed by atoms with Gasteiger partial charge in [-0.3, -0.25) is 23.5 Å². The SMILES string of the molecule is F.F.F.F.F.[Li+].[O]=[Ge][O-].[O]=[Ge][O-].[O]=[Ge][O-].[O]=[Ge][O-].[O]=[Ge][O-].[Rb+].[Sc+3]. The van der Waals surface area contributed by atoms with Crippen LogP contribution in [-0.2, 0) is 44.7 Å². The van der Waals surface area contributed by atoms with Gasteiger partial charge in [0.05, 0.1) is 0 Å². The molecule has 23 heavy (non-hydrogen) atoms. The van der Waals surface area contributed by atoms with Gasteiger partial charge >= 0.3 is 221 Å². The third-order valence-electron chi connectivity index (χ3n) is 0. The summed E-state index contributed by atoms with van der Waals surface area (Å²) in [5.74, 6) is 0. The van der Waals surface area contributed by atoms with Gasteiger partial charge < -0.3 is 0 Å². The van der Waals surface area contributed by atoms with E-state index in [2.05, 4.69) is 0 Å². The molecule has 0 aromatic carbocycles. The number of halogens is 5. The first-order valence-electron chi connectivity index (χ1n) is 2.04. The molecule has 0 rings (SSSR count). The third kappa shape index (κ3) is 1080. The van der Waals surface area contributed by atoms with E-state index in [9.17, 15) is 0 Å². The molecule has 0 fully saturated rings. The molecule has 0 saturated heterocycles. The van der Waals surface area contributed by atoms with Crippen molar-refractivity contribution in [1.29, 1.82) is 0 Å². The van der Waals surface area contributed by atoms with Gasteiger partial charge in [-0.05, 0) is 0 Å². The maximum atomic E-state index is 8.50. The summed E-state index contributed by atoms with van der Waals surface area (Å²) in [6, 6.07) is 0. The van der Waals surface area contributed by atoms with Crippen LogP contribution in [0.25, 0.3) is 0 Å². The van der Waals surface area contributed by atoms with Crippen molar-refractivity contribution in [1.82, 2.24) is 0 Å². The molecule has 0 N–H and O–H groups in total. The van der Waals surface area contributed by atoms with Gasteiger partial charge in [-0.15, -0.1) is 0 Å². The van der Waals surface area contributed by atoms with Gasteiger partial charge in [-0.1, -0.05) is 0 Å². The van der Waals surface area contributed by atoms with Gasteiger partial charge in [0, 0.05) is 0 Å². The summed E-state index contributed by atoms with van der Waals surface area (Å²) < 4.78 is 85.0. The van der Waals surface area contributed by atoms with E-state index in [1.807, 2.05) is 0 Å². The van der Waals surface area contributed by atoms with Crippen LogP contribution < -0.4 is 97.7 Å². The Morgan fingerprint density at radius 3 is 0.435 bits per heavy atom. The largest absolute Gasteiger partial charge is 3.00 e. The fourth-order valence-corrected chi connectivity index (χ4v) is 0. The van der Waals surface area contributed by atoms with Crippen molar-refractivity contribution in [3.05, 3.63) is 0 Å². The Morgan fingerprint density at radius 2 is 0.435 bits per heavy atom. The van der Waals surface area contributed by atoms with E-state index in [0.29, 0.717) is 0 Å². The number of hydrogen-bond donors (Lipinski definition) is 0. The second-order valence-corrected chi connectivity index (χ2v) is 2.17. The molecule has 0 aromatic heterocycles. The molecule has 0 heterocycles. The minimum absolute atomic E-state index is 0. The number of rotatable bonds is 0. The van der Waals surface area contributed by atoms with Gasteiger partial charge in [-0.2, -0.15) is 0 Å². The maximum Gasteiger partial charge on any atom is 3.00 e. The first kappa shape index (κ1) is 94.1. The molecule has 0 saturated carbocycles. The van der Waals surface area contributed by atoms with Gasteiger partial charge in [0.2, 0.25) is 0 Å². The molecule has 0 aliphatic heterocycles. The fourth-order valence-electron chi connectivity index (χ4n) is 0. The third-order valence-corrected chi connectivity index (χ3v) is 0. The Hall–Kier alpha value is 3.64. The van der Waals surface area contributed by atoms with E-state index in [0.717, 1.165) is 0 Å². The second-order valence-electron chi connectivity index (χ2n) is 0.417. The predicted octanol–water partition coefficient (Wildman–Crippen LogP) is -13.7. The Bertz CT molecular complexity index is 120. The monoisotopic (exact) mass is 766 g/mol. The van der Waals surface area contributed by atoms with Gasteiger partial charge in [0.1, 0.15) is 0 Å². The van der Waals surface area contributed by atoms with Gasteiger partial charge in [-0.25, -0.2) is 0 Å². The van der Waals surface area contributed by atoms with Gasteiger partial charge in [0.25, 0.3) is 0 Å². The van der Waals surface area contributed by atoms with Crippen molar-refractivity contribution < 1.29 is 166 Å². The molecule has 0 amide bonds. The molecule has 0 bridgehead atoms. The standard InChI is InChI=1S/5FH.5GeO2.Li.Rb.Sc/c;;;;;5*2-1-3;;;/h5*1H;;;;;;;;/q;;;;;5*-1;2*+1;+3. The normalized spacial score (nSPS) is 2.61. The second kappa shape index (κ2) is 209. The van der Waals surface area contributed by atoms with Crippen LogP contribution in [0.3, 0.4) is 0 Å². The minimum Gasteiger partial charge on any atom is 1.00 e. The summed E-state index contributed by atoms with van der Waals surface area (Å²) in [6.45, 7) is 0. The summed E-state index contributed by atoms with van der Waals surface area (Å²) in [5.41, 5.74) is 0. The smallest absolute Gasteiger partial charge is 1.00 e. The van der Waals surface area contributed by atoms with Crippen molar-refractivity contribution in [2.75, 3.05) is 0 Å². The summed E-state index contributed by atoms with van der Waals surface area (Å²) in [4.78, 5) is 0. The Kier molecular flexibility index (Phi) is 854. The molecule has 0 spiro atoms. The van der Waals surface area contributed by atoms with Crippen LogP contribution in [0.2, 0.25) is 0 Å². The fraction of sp³-hybridized carbons (Fsp3) is 0. The van der Waals surface area contributed by atoms with E-state index >= 15 is 0 Å². The summed E-state index contributed by atoms with van der Waals surface area (Å²) in [5, 5.41) is 0. The molecule has 0 unspecified atom stereocenters. The van der Waals surface area contributed by atoms with Crippen molar-refractivity contribution in [2.24, 2.45) is 0 Å².